The van der Waals surface area contributed by atoms with Crippen LogP contribution in [0.5, 0.6) is 5.75 Å². The van der Waals surface area contributed by atoms with Crippen LogP contribution in [0.15, 0.2) is 22.7 Å². The van der Waals surface area contributed by atoms with E-state index in [9.17, 15) is 17.7 Å². The molecule has 0 bridgehead atoms. The molecule has 0 aromatic carbocycles. The summed E-state index contributed by atoms with van der Waals surface area (Å²) in [6, 6.07) is 2.79. The van der Waals surface area contributed by atoms with Gasteiger partial charge >= 0.3 is 6.18 Å². The number of halogens is 3. The highest BCUT2D eigenvalue weighted by molar-refractivity contribution is 7.91. The van der Waals surface area contributed by atoms with Crippen molar-refractivity contribution >= 4 is 17.6 Å². The molecule has 0 spiro atoms. The SMILES string of the molecule is CC(C)(C)[S@@+]([O-])N=Cc1ccc(OCC(F)(F)F)cn1. The van der Waals surface area contributed by atoms with E-state index in [0.717, 1.165) is 6.20 Å². The van der Waals surface area contributed by atoms with E-state index in [1.54, 1.807) is 20.8 Å². The van der Waals surface area contributed by atoms with Crippen molar-refractivity contribution in [3.8, 4) is 5.75 Å². The lowest BCUT2D eigenvalue weighted by Crippen LogP contribution is -2.25. The minimum absolute atomic E-state index is 0.0106. The van der Waals surface area contributed by atoms with Gasteiger partial charge in [-0.25, -0.2) is 0 Å². The average molecular weight is 308 g/mol. The number of nitrogens with zero attached hydrogens (tertiary/aromatic N) is 2. The van der Waals surface area contributed by atoms with Gasteiger partial charge in [0.25, 0.3) is 0 Å². The number of hydrogen-bond acceptors (Lipinski definition) is 4. The zero-order valence-corrected chi connectivity index (χ0v) is 12.1. The fourth-order valence-electron chi connectivity index (χ4n) is 0.979. The van der Waals surface area contributed by atoms with Crippen LogP contribution in [0.1, 0.15) is 26.5 Å². The number of aromatic nitrogens is 1. The molecule has 0 amide bonds. The van der Waals surface area contributed by atoms with Crippen LogP contribution in [0.4, 0.5) is 13.2 Å². The zero-order chi connectivity index (χ0) is 15.4. The smallest absolute Gasteiger partial charge is 0.422 e. The zero-order valence-electron chi connectivity index (χ0n) is 11.3. The summed E-state index contributed by atoms with van der Waals surface area (Å²) in [4.78, 5) is 3.86. The Balaban J connectivity index is 2.61. The van der Waals surface area contributed by atoms with Gasteiger partial charge in [-0.05, 0) is 32.9 Å². The van der Waals surface area contributed by atoms with Crippen LogP contribution in [0, 0.1) is 0 Å². The van der Waals surface area contributed by atoms with Crippen molar-refractivity contribution in [1.82, 2.24) is 4.98 Å². The number of hydrogen-bond donors (Lipinski definition) is 0. The lowest BCUT2D eigenvalue weighted by atomic mass is 10.3. The van der Waals surface area contributed by atoms with Gasteiger partial charge in [0.05, 0.1) is 11.9 Å². The first-order valence-electron chi connectivity index (χ1n) is 5.69. The Morgan fingerprint density at radius 2 is 2.00 bits per heavy atom. The third kappa shape index (κ3) is 6.25. The predicted octanol–water partition coefficient (Wildman–Crippen LogP) is 2.90. The fraction of sp³-hybridized carbons (Fsp3) is 0.500. The average Bonchev–Trinajstić information content (AvgIpc) is 2.32. The molecule has 0 unspecified atom stereocenters. The van der Waals surface area contributed by atoms with Gasteiger partial charge < -0.3 is 9.29 Å². The molecule has 20 heavy (non-hydrogen) atoms. The highest BCUT2D eigenvalue weighted by Gasteiger charge is 2.28. The number of alkyl halides is 3. The Morgan fingerprint density at radius 1 is 1.35 bits per heavy atom. The lowest BCUT2D eigenvalue weighted by molar-refractivity contribution is -0.153. The van der Waals surface area contributed by atoms with E-state index in [-0.39, 0.29) is 5.75 Å². The van der Waals surface area contributed by atoms with E-state index in [4.69, 9.17) is 0 Å². The summed E-state index contributed by atoms with van der Waals surface area (Å²) in [5.74, 6) is 0.0106. The first-order chi connectivity index (χ1) is 9.08. The van der Waals surface area contributed by atoms with Gasteiger partial charge in [0, 0.05) is 0 Å². The Hall–Kier alpha value is -1.28. The van der Waals surface area contributed by atoms with Gasteiger partial charge in [-0.1, -0.05) is 4.40 Å². The van der Waals surface area contributed by atoms with E-state index in [2.05, 4.69) is 14.1 Å². The predicted molar refractivity (Wildman–Crippen MR) is 71.3 cm³/mol. The molecule has 8 heteroatoms. The Morgan fingerprint density at radius 3 is 2.45 bits per heavy atom. The van der Waals surface area contributed by atoms with Crippen molar-refractivity contribution in [2.45, 2.75) is 31.7 Å². The molecule has 4 nitrogen and oxygen atoms in total. The molecule has 112 valence electrons. The molecule has 1 aromatic rings. The summed E-state index contributed by atoms with van der Waals surface area (Å²) in [7, 11) is 0. The standard InChI is InChI=1S/C12H15F3N2O2S/c1-11(2,3)20(18)17-6-9-4-5-10(7-16-9)19-8-12(13,14)15/h4-7H,8H2,1-3H3/t20-/m1/s1. The maximum Gasteiger partial charge on any atom is 0.422 e. The molecule has 1 heterocycles. The first-order valence-corrected chi connectivity index (χ1v) is 6.80. The van der Waals surface area contributed by atoms with Crippen LogP contribution < -0.4 is 4.74 Å². The molecule has 0 saturated carbocycles. The van der Waals surface area contributed by atoms with Crippen LogP contribution in [0.2, 0.25) is 0 Å². The lowest BCUT2D eigenvalue weighted by Gasteiger charge is -2.17. The highest BCUT2D eigenvalue weighted by atomic mass is 32.2. The second-order valence-corrected chi connectivity index (χ2v) is 6.85. The fourth-order valence-corrected chi connectivity index (χ4v) is 1.50. The second kappa shape index (κ2) is 6.45. The van der Waals surface area contributed by atoms with Gasteiger partial charge in [0.2, 0.25) is 0 Å². The first kappa shape index (κ1) is 16.8. The summed E-state index contributed by atoms with van der Waals surface area (Å²) >= 11 is -1.41. The maximum atomic E-state index is 11.9. The minimum atomic E-state index is -4.39. The molecule has 0 N–H and O–H groups in total. The van der Waals surface area contributed by atoms with Crippen LogP contribution >= 0.6 is 0 Å². The topological polar surface area (TPSA) is 57.5 Å². The summed E-state index contributed by atoms with van der Waals surface area (Å²) in [6.45, 7) is 3.97. The van der Waals surface area contributed by atoms with E-state index < -0.39 is 28.9 Å². The van der Waals surface area contributed by atoms with Crippen molar-refractivity contribution in [1.29, 1.82) is 0 Å². The van der Waals surface area contributed by atoms with Gasteiger partial charge in [-0.15, -0.1) is 0 Å². The van der Waals surface area contributed by atoms with E-state index >= 15 is 0 Å². The van der Waals surface area contributed by atoms with Crippen molar-refractivity contribution in [2.75, 3.05) is 6.61 Å². The molecular formula is C12H15F3N2O2S. The summed E-state index contributed by atoms with van der Waals surface area (Å²) in [6.07, 6.45) is -1.91. The van der Waals surface area contributed by atoms with Gasteiger partial charge in [-0.3, -0.25) is 4.98 Å². The van der Waals surface area contributed by atoms with Crippen molar-refractivity contribution in [2.24, 2.45) is 4.40 Å². The molecule has 0 saturated heterocycles. The van der Waals surface area contributed by atoms with E-state index in [1.165, 1.54) is 18.3 Å². The van der Waals surface area contributed by atoms with Crippen molar-refractivity contribution in [3.05, 3.63) is 24.0 Å². The van der Waals surface area contributed by atoms with Gasteiger partial charge in [0.1, 0.15) is 28.1 Å². The highest BCUT2D eigenvalue weighted by Crippen LogP contribution is 2.18. The third-order valence-electron chi connectivity index (χ3n) is 1.97. The molecule has 0 fully saturated rings. The summed E-state index contributed by atoms with van der Waals surface area (Å²) < 4.78 is 55.4. The molecule has 1 atom stereocenters. The van der Waals surface area contributed by atoms with Crippen molar-refractivity contribution < 1.29 is 22.5 Å². The summed E-state index contributed by atoms with van der Waals surface area (Å²) in [5, 5.41) is 0. The van der Waals surface area contributed by atoms with Gasteiger partial charge in [0.15, 0.2) is 6.61 Å². The minimum Gasteiger partial charge on any atom is -0.591 e. The number of rotatable bonds is 4. The van der Waals surface area contributed by atoms with Crippen LogP contribution in [-0.2, 0) is 11.4 Å². The van der Waals surface area contributed by atoms with Gasteiger partial charge in [-0.2, -0.15) is 13.2 Å². The normalized spacial score (nSPS) is 14.6. The van der Waals surface area contributed by atoms with Crippen molar-refractivity contribution in [3.63, 3.8) is 0 Å². The largest absolute Gasteiger partial charge is 0.591 e. The van der Waals surface area contributed by atoms with E-state index in [0.29, 0.717) is 5.69 Å². The second-order valence-electron chi connectivity index (χ2n) is 4.92. The number of ether oxygens (including phenoxy) is 1. The molecule has 1 aromatic heterocycles. The molecule has 1 rings (SSSR count). The Labute approximate surface area is 118 Å². The number of pyridine rings is 1. The summed E-state index contributed by atoms with van der Waals surface area (Å²) in [5.41, 5.74) is 0.391. The molecule has 0 radical (unpaired) electrons. The molecular weight excluding hydrogens is 293 g/mol. The third-order valence-corrected chi connectivity index (χ3v) is 3.31. The van der Waals surface area contributed by atoms with Crippen LogP contribution in [0.3, 0.4) is 0 Å². The maximum absolute atomic E-state index is 11.9. The molecule has 0 aliphatic carbocycles. The molecule has 0 aliphatic rings. The molecule has 0 aliphatic heterocycles. The quantitative estimate of drug-likeness (QED) is 0.635. The Kier molecular flexibility index (Phi) is 5.41. The monoisotopic (exact) mass is 308 g/mol. The Bertz CT molecular complexity index is 455. The van der Waals surface area contributed by atoms with Crippen LogP contribution in [-0.4, -0.2) is 33.3 Å². The van der Waals surface area contributed by atoms with E-state index in [1.807, 2.05) is 0 Å². The van der Waals surface area contributed by atoms with Crippen LogP contribution in [0.25, 0.3) is 0 Å².